The van der Waals surface area contributed by atoms with E-state index in [-0.39, 0.29) is 16.5 Å². The number of hydrogen-bond acceptors (Lipinski definition) is 4. The van der Waals surface area contributed by atoms with Crippen LogP contribution in [0.25, 0.3) is 6.08 Å². The fourth-order valence-electron chi connectivity index (χ4n) is 0.971. The number of esters is 1. The lowest BCUT2D eigenvalue weighted by molar-refractivity contribution is -0.134. The van der Waals surface area contributed by atoms with Gasteiger partial charge in [0.15, 0.2) is 5.75 Å². The Balaban J connectivity index is 2.97. The zero-order chi connectivity index (χ0) is 11.4. The van der Waals surface area contributed by atoms with Crippen LogP contribution in [-0.2, 0) is 9.53 Å². The molecule has 1 aromatic carbocycles. The van der Waals surface area contributed by atoms with Crippen molar-refractivity contribution in [3.8, 4) is 5.75 Å². The monoisotopic (exact) mass is 227 g/mol. The van der Waals surface area contributed by atoms with Gasteiger partial charge < -0.3 is 15.6 Å². The third-order valence-corrected chi connectivity index (χ3v) is 2.02. The molecule has 15 heavy (non-hydrogen) atoms. The Labute approximate surface area is 91.9 Å². The predicted molar refractivity (Wildman–Crippen MR) is 58.6 cm³/mol. The van der Waals surface area contributed by atoms with Crippen molar-refractivity contribution in [2.75, 3.05) is 12.8 Å². The van der Waals surface area contributed by atoms with Gasteiger partial charge in [0.1, 0.15) is 0 Å². The smallest absolute Gasteiger partial charge is 0.330 e. The molecule has 0 saturated heterocycles. The van der Waals surface area contributed by atoms with Gasteiger partial charge in [-0.3, -0.25) is 0 Å². The van der Waals surface area contributed by atoms with Crippen LogP contribution in [0.1, 0.15) is 5.56 Å². The summed E-state index contributed by atoms with van der Waals surface area (Å²) in [4.78, 5) is 10.8. The van der Waals surface area contributed by atoms with Crippen molar-refractivity contribution in [1.82, 2.24) is 0 Å². The molecule has 4 nitrogen and oxygen atoms in total. The van der Waals surface area contributed by atoms with E-state index in [9.17, 15) is 9.90 Å². The van der Waals surface area contributed by atoms with Crippen LogP contribution in [0.15, 0.2) is 18.2 Å². The van der Waals surface area contributed by atoms with Crippen molar-refractivity contribution < 1.29 is 14.6 Å². The number of methoxy groups -OCH3 is 1. The van der Waals surface area contributed by atoms with Crippen LogP contribution in [0.3, 0.4) is 0 Å². The third kappa shape index (κ3) is 2.89. The normalized spacial score (nSPS) is 10.5. The zero-order valence-corrected chi connectivity index (χ0v) is 8.78. The Morgan fingerprint density at radius 2 is 2.27 bits per heavy atom. The molecule has 0 aliphatic heterocycles. The molecule has 0 aromatic heterocycles. The number of phenols is 1. The molecule has 0 atom stereocenters. The van der Waals surface area contributed by atoms with Gasteiger partial charge in [-0.25, -0.2) is 4.79 Å². The Bertz CT molecular complexity index is 392. The summed E-state index contributed by atoms with van der Waals surface area (Å²) < 4.78 is 4.42. The van der Waals surface area contributed by atoms with E-state index in [1.807, 2.05) is 0 Å². The second-order valence-corrected chi connectivity index (χ2v) is 3.20. The molecule has 0 unspecified atom stereocenters. The largest absolute Gasteiger partial charge is 0.504 e. The van der Waals surface area contributed by atoms with Crippen LogP contribution in [0, 0.1) is 0 Å². The number of halogens is 1. The Morgan fingerprint density at radius 1 is 1.60 bits per heavy atom. The first-order chi connectivity index (χ1) is 7.04. The SMILES string of the molecule is COC(=O)/C=C/c1cc(N)c(O)c(Cl)c1. The lowest BCUT2D eigenvalue weighted by Crippen LogP contribution is -1.93. The van der Waals surface area contributed by atoms with E-state index in [0.29, 0.717) is 5.56 Å². The van der Waals surface area contributed by atoms with Crippen molar-refractivity contribution in [3.05, 3.63) is 28.8 Å². The average Bonchev–Trinajstić information content (AvgIpc) is 2.22. The number of rotatable bonds is 2. The fourth-order valence-corrected chi connectivity index (χ4v) is 1.21. The molecule has 1 aromatic rings. The Kier molecular flexibility index (Phi) is 3.57. The highest BCUT2D eigenvalue weighted by molar-refractivity contribution is 6.32. The number of carbonyl (C=O) groups excluding carboxylic acids is 1. The summed E-state index contributed by atoms with van der Waals surface area (Å²) >= 11 is 5.69. The van der Waals surface area contributed by atoms with Gasteiger partial charge in [-0.1, -0.05) is 11.6 Å². The van der Waals surface area contributed by atoms with E-state index in [0.717, 1.165) is 0 Å². The number of aromatic hydroxyl groups is 1. The van der Waals surface area contributed by atoms with E-state index < -0.39 is 5.97 Å². The Hall–Kier alpha value is -1.68. The van der Waals surface area contributed by atoms with Gasteiger partial charge in [0.05, 0.1) is 17.8 Å². The number of hydrogen-bond donors (Lipinski definition) is 2. The van der Waals surface area contributed by atoms with Crippen molar-refractivity contribution >= 4 is 29.3 Å². The van der Waals surface area contributed by atoms with Gasteiger partial charge in [-0.15, -0.1) is 0 Å². The summed E-state index contributed by atoms with van der Waals surface area (Å²) in [6.07, 6.45) is 2.73. The molecule has 0 aliphatic rings. The van der Waals surface area contributed by atoms with Gasteiger partial charge in [-0.05, 0) is 23.8 Å². The molecule has 0 spiro atoms. The van der Waals surface area contributed by atoms with Gasteiger partial charge >= 0.3 is 5.97 Å². The standard InChI is InChI=1S/C10H10ClNO3/c1-15-9(13)3-2-6-4-7(11)10(14)8(12)5-6/h2-5,14H,12H2,1H3/b3-2+. The maximum absolute atomic E-state index is 10.8. The van der Waals surface area contributed by atoms with Crippen LogP contribution in [-0.4, -0.2) is 18.2 Å². The van der Waals surface area contributed by atoms with Crippen LogP contribution >= 0.6 is 11.6 Å². The number of carbonyl (C=O) groups is 1. The number of benzene rings is 1. The second kappa shape index (κ2) is 4.70. The summed E-state index contributed by atoms with van der Waals surface area (Å²) in [5.41, 5.74) is 6.25. The number of ether oxygens (including phenoxy) is 1. The minimum Gasteiger partial charge on any atom is -0.504 e. The fraction of sp³-hybridized carbons (Fsp3) is 0.100. The van der Waals surface area contributed by atoms with E-state index >= 15 is 0 Å². The molecule has 0 fully saturated rings. The highest BCUT2D eigenvalue weighted by Gasteiger charge is 2.04. The highest BCUT2D eigenvalue weighted by atomic mass is 35.5. The summed E-state index contributed by atoms with van der Waals surface area (Å²) in [6, 6.07) is 2.99. The van der Waals surface area contributed by atoms with Crippen molar-refractivity contribution in [3.63, 3.8) is 0 Å². The summed E-state index contributed by atoms with van der Waals surface area (Å²) in [5.74, 6) is -0.635. The van der Waals surface area contributed by atoms with Crippen molar-refractivity contribution in [2.24, 2.45) is 0 Å². The first-order valence-corrected chi connectivity index (χ1v) is 4.46. The number of phenolic OH excluding ortho intramolecular Hbond substituents is 1. The first kappa shape index (κ1) is 11.4. The number of nitrogens with two attached hydrogens (primary N) is 1. The van der Waals surface area contributed by atoms with Crippen LogP contribution in [0.4, 0.5) is 5.69 Å². The first-order valence-electron chi connectivity index (χ1n) is 4.08. The van der Waals surface area contributed by atoms with Crippen LogP contribution in [0.5, 0.6) is 5.75 Å². The molecule has 0 amide bonds. The maximum atomic E-state index is 10.8. The Morgan fingerprint density at radius 3 is 2.80 bits per heavy atom. The molecule has 80 valence electrons. The zero-order valence-electron chi connectivity index (χ0n) is 8.03. The number of nitrogen functional groups attached to an aromatic ring is 1. The molecule has 0 saturated carbocycles. The molecule has 1 rings (SSSR count). The van der Waals surface area contributed by atoms with E-state index in [1.165, 1.54) is 31.4 Å². The third-order valence-electron chi connectivity index (χ3n) is 1.73. The molecule has 0 heterocycles. The highest BCUT2D eigenvalue weighted by Crippen LogP contribution is 2.31. The van der Waals surface area contributed by atoms with E-state index in [2.05, 4.69) is 4.74 Å². The molecule has 5 heteroatoms. The lowest BCUT2D eigenvalue weighted by Gasteiger charge is -2.02. The van der Waals surface area contributed by atoms with Crippen LogP contribution < -0.4 is 5.73 Å². The summed E-state index contributed by atoms with van der Waals surface area (Å²) in [6.45, 7) is 0. The number of anilines is 1. The van der Waals surface area contributed by atoms with Gasteiger partial charge in [-0.2, -0.15) is 0 Å². The molecule has 0 bridgehead atoms. The van der Waals surface area contributed by atoms with Crippen molar-refractivity contribution in [1.29, 1.82) is 0 Å². The molecule has 3 N–H and O–H groups in total. The van der Waals surface area contributed by atoms with E-state index in [4.69, 9.17) is 17.3 Å². The molecule has 0 radical (unpaired) electrons. The average molecular weight is 228 g/mol. The minimum absolute atomic E-state index is 0.138. The summed E-state index contributed by atoms with van der Waals surface area (Å²) in [7, 11) is 1.28. The van der Waals surface area contributed by atoms with E-state index in [1.54, 1.807) is 0 Å². The van der Waals surface area contributed by atoms with Gasteiger partial charge in [0.25, 0.3) is 0 Å². The second-order valence-electron chi connectivity index (χ2n) is 2.80. The van der Waals surface area contributed by atoms with Gasteiger partial charge in [0.2, 0.25) is 0 Å². The maximum Gasteiger partial charge on any atom is 0.330 e. The van der Waals surface area contributed by atoms with Gasteiger partial charge in [0, 0.05) is 6.08 Å². The summed E-state index contributed by atoms with van der Waals surface area (Å²) in [5, 5.41) is 9.42. The van der Waals surface area contributed by atoms with Crippen LogP contribution in [0.2, 0.25) is 5.02 Å². The molecular weight excluding hydrogens is 218 g/mol. The quantitative estimate of drug-likeness (QED) is 0.350. The lowest BCUT2D eigenvalue weighted by atomic mass is 10.2. The predicted octanol–water partition coefficient (Wildman–Crippen LogP) is 1.81. The topological polar surface area (TPSA) is 72.5 Å². The molecular formula is C10H10ClNO3. The minimum atomic E-state index is -0.474. The molecule has 0 aliphatic carbocycles. The van der Waals surface area contributed by atoms with Crippen molar-refractivity contribution in [2.45, 2.75) is 0 Å².